The maximum Gasteiger partial charge on any atom is 0.248 e. The minimum absolute atomic E-state index is 0.0217. The molecule has 0 radical (unpaired) electrons. The molecule has 1 spiro atoms. The number of nitrogens with one attached hydrogen (secondary N) is 2. The largest absolute Gasteiger partial charge is 0.394 e. The number of carbonyl (C=O) groups is 3. The van der Waals surface area contributed by atoms with E-state index < -0.39 is 28.7 Å². The van der Waals surface area contributed by atoms with Crippen molar-refractivity contribution in [3.05, 3.63) is 101 Å². The molecule has 3 amide bonds. The Morgan fingerprint density at radius 2 is 1.62 bits per heavy atom. The van der Waals surface area contributed by atoms with Crippen molar-refractivity contribution >= 4 is 35.2 Å². The Balaban J connectivity index is 1.41. The molecular formula is C34H37N3O4S. The highest BCUT2D eigenvalue weighted by Crippen LogP contribution is 2.69. The molecule has 6 rings (SSSR count). The minimum Gasteiger partial charge on any atom is -0.394 e. The number of nitrogens with zero attached hydrogens (tertiary/aromatic N) is 1. The molecular weight excluding hydrogens is 546 g/mol. The topological polar surface area (TPSA) is 98.7 Å². The number of thioether (sulfide) groups is 1. The molecule has 8 heteroatoms. The Hall–Kier alpha value is -3.62. The predicted octanol–water partition coefficient (Wildman–Crippen LogP) is 4.63. The van der Waals surface area contributed by atoms with Crippen LogP contribution in [0.5, 0.6) is 0 Å². The first-order valence-corrected chi connectivity index (χ1v) is 15.5. The molecule has 3 aliphatic heterocycles. The lowest BCUT2D eigenvalue weighted by Crippen LogP contribution is -2.55. The second-order valence-electron chi connectivity index (χ2n) is 11.9. The van der Waals surface area contributed by atoms with Crippen LogP contribution < -0.4 is 10.6 Å². The number of aryl methyl sites for hydroxylation is 2. The van der Waals surface area contributed by atoms with Crippen molar-refractivity contribution in [2.45, 2.75) is 55.8 Å². The molecule has 0 aromatic heterocycles. The highest BCUT2D eigenvalue weighted by molar-refractivity contribution is 8.02. The third kappa shape index (κ3) is 4.52. The smallest absolute Gasteiger partial charge is 0.248 e. The van der Waals surface area contributed by atoms with Gasteiger partial charge in [0.2, 0.25) is 17.7 Å². The van der Waals surface area contributed by atoms with Crippen LogP contribution in [0.25, 0.3) is 0 Å². The number of aliphatic hydroxyl groups excluding tert-OH is 1. The summed E-state index contributed by atoms with van der Waals surface area (Å²) >= 11 is 1.64. The van der Waals surface area contributed by atoms with Crippen molar-refractivity contribution < 1.29 is 19.5 Å². The second-order valence-corrected chi connectivity index (χ2v) is 13.4. The summed E-state index contributed by atoms with van der Waals surface area (Å²) in [5.74, 6) is -1.87. The van der Waals surface area contributed by atoms with Gasteiger partial charge in [0.15, 0.2) is 0 Å². The fourth-order valence-corrected chi connectivity index (χ4v) is 9.94. The SMILES string of the molecule is Cc1cccc(C)c1NC(=O)C1N([C@H](CO)c2ccccc2)C(=O)[C@@H]2[C@H](C(=O)NCc3ccccc3)[C@@H]3CC(C)C12S3. The van der Waals surface area contributed by atoms with Gasteiger partial charge >= 0.3 is 0 Å². The third-order valence-corrected chi connectivity index (χ3v) is 11.5. The van der Waals surface area contributed by atoms with Crippen LogP contribution in [0.15, 0.2) is 78.9 Å². The van der Waals surface area contributed by atoms with Gasteiger partial charge in [0.25, 0.3) is 0 Å². The number of rotatable bonds is 8. The zero-order chi connectivity index (χ0) is 29.6. The molecule has 3 fully saturated rings. The number of carbonyl (C=O) groups excluding carboxylic acids is 3. The highest BCUT2D eigenvalue weighted by atomic mass is 32.2. The lowest BCUT2D eigenvalue weighted by Gasteiger charge is -2.40. The molecule has 3 heterocycles. The number of likely N-dealkylation sites (tertiary alicyclic amines) is 1. The fraction of sp³-hybridized carbons (Fsp3) is 0.382. The molecule has 218 valence electrons. The van der Waals surface area contributed by atoms with Crippen LogP contribution in [0.2, 0.25) is 0 Å². The molecule has 0 saturated carbocycles. The Morgan fingerprint density at radius 3 is 2.26 bits per heavy atom. The number of anilines is 1. The summed E-state index contributed by atoms with van der Waals surface area (Å²) in [6, 6.07) is 23.4. The van der Waals surface area contributed by atoms with Gasteiger partial charge in [-0.25, -0.2) is 0 Å². The lowest BCUT2D eigenvalue weighted by atomic mass is 9.66. The molecule has 3 saturated heterocycles. The minimum atomic E-state index is -0.858. The van der Waals surface area contributed by atoms with Crippen LogP contribution in [-0.2, 0) is 20.9 Å². The van der Waals surface area contributed by atoms with Crippen molar-refractivity contribution in [3.8, 4) is 0 Å². The van der Waals surface area contributed by atoms with Crippen molar-refractivity contribution in [3.63, 3.8) is 0 Å². The number of para-hydroxylation sites is 1. The monoisotopic (exact) mass is 583 g/mol. The quantitative estimate of drug-likeness (QED) is 0.359. The van der Waals surface area contributed by atoms with Crippen LogP contribution in [0, 0.1) is 31.6 Å². The maximum atomic E-state index is 14.6. The molecule has 42 heavy (non-hydrogen) atoms. The van der Waals surface area contributed by atoms with E-state index in [0.29, 0.717) is 6.54 Å². The van der Waals surface area contributed by atoms with Gasteiger partial charge in [-0.1, -0.05) is 85.8 Å². The summed E-state index contributed by atoms with van der Waals surface area (Å²) in [5, 5.41) is 16.9. The number of hydrogen-bond donors (Lipinski definition) is 3. The number of hydrogen-bond acceptors (Lipinski definition) is 5. The van der Waals surface area contributed by atoms with Gasteiger partial charge in [0.1, 0.15) is 6.04 Å². The van der Waals surface area contributed by atoms with Gasteiger partial charge in [0, 0.05) is 17.5 Å². The summed E-state index contributed by atoms with van der Waals surface area (Å²) in [5.41, 5.74) is 4.35. The molecule has 3 aromatic rings. The van der Waals surface area contributed by atoms with Crippen LogP contribution in [0.4, 0.5) is 5.69 Å². The van der Waals surface area contributed by atoms with Crippen molar-refractivity contribution in [2.75, 3.05) is 11.9 Å². The predicted molar refractivity (Wildman–Crippen MR) is 165 cm³/mol. The van der Waals surface area contributed by atoms with E-state index in [1.165, 1.54) is 0 Å². The van der Waals surface area contributed by atoms with Gasteiger partial charge < -0.3 is 20.6 Å². The van der Waals surface area contributed by atoms with Gasteiger partial charge in [-0.15, -0.1) is 11.8 Å². The normalized spacial score (nSPS) is 28.4. The van der Waals surface area contributed by atoms with E-state index in [0.717, 1.165) is 34.4 Å². The van der Waals surface area contributed by atoms with E-state index in [9.17, 15) is 19.5 Å². The Kier molecular flexibility index (Phi) is 7.62. The third-order valence-electron chi connectivity index (χ3n) is 9.47. The lowest BCUT2D eigenvalue weighted by molar-refractivity contribution is -0.142. The summed E-state index contributed by atoms with van der Waals surface area (Å²) in [6.07, 6.45) is 0.744. The van der Waals surface area contributed by atoms with Gasteiger partial charge in [0.05, 0.1) is 29.2 Å². The van der Waals surface area contributed by atoms with Crippen molar-refractivity contribution in [1.29, 1.82) is 0 Å². The molecule has 2 bridgehead atoms. The number of benzene rings is 3. The maximum absolute atomic E-state index is 14.6. The zero-order valence-corrected chi connectivity index (χ0v) is 24.9. The Morgan fingerprint density at radius 1 is 0.976 bits per heavy atom. The van der Waals surface area contributed by atoms with E-state index in [2.05, 4.69) is 17.6 Å². The van der Waals surface area contributed by atoms with Crippen LogP contribution in [0.3, 0.4) is 0 Å². The summed E-state index contributed by atoms with van der Waals surface area (Å²) < 4.78 is -0.792. The van der Waals surface area contributed by atoms with Crippen molar-refractivity contribution in [1.82, 2.24) is 10.2 Å². The fourth-order valence-electron chi connectivity index (χ4n) is 7.53. The van der Waals surface area contributed by atoms with Crippen LogP contribution in [0.1, 0.15) is 41.6 Å². The number of fused-ring (bicyclic) bond motifs is 1. The van der Waals surface area contributed by atoms with E-state index in [-0.39, 0.29) is 35.5 Å². The first-order chi connectivity index (χ1) is 20.3. The highest BCUT2D eigenvalue weighted by Gasteiger charge is 2.76. The first kappa shape index (κ1) is 28.5. The summed E-state index contributed by atoms with van der Waals surface area (Å²) in [7, 11) is 0. The van der Waals surface area contributed by atoms with Gasteiger partial charge in [-0.2, -0.15) is 0 Å². The standard InChI is InChI=1S/C34H37N3O4S/c1-20-11-10-12-21(2)29(20)36-32(40)30-34-22(3)17-26(42-34)27(31(39)35-18-23-13-6-4-7-14-23)28(34)33(41)37(30)25(19-38)24-15-8-5-9-16-24/h4-16,22,25-28,30,38H,17-19H2,1-3H3,(H,35,39)(H,36,40)/t22?,25-,26+,27-,28+,30?,34?/m1/s1. The van der Waals surface area contributed by atoms with E-state index in [1.54, 1.807) is 16.7 Å². The molecule has 3 unspecified atom stereocenters. The van der Waals surface area contributed by atoms with Gasteiger partial charge in [-0.3, -0.25) is 14.4 Å². The van der Waals surface area contributed by atoms with E-state index in [4.69, 9.17) is 0 Å². The molecule has 7 nitrogen and oxygen atoms in total. The summed E-state index contributed by atoms with van der Waals surface area (Å²) in [4.78, 5) is 44.5. The zero-order valence-electron chi connectivity index (χ0n) is 24.1. The Bertz CT molecular complexity index is 1480. The van der Waals surface area contributed by atoms with Crippen LogP contribution in [-0.4, -0.2) is 50.4 Å². The average molecular weight is 584 g/mol. The first-order valence-electron chi connectivity index (χ1n) is 14.6. The van der Waals surface area contributed by atoms with E-state index >= 15 is 0 Å². The number of aliphatic hydroxyl groups is 1. The van der Waals surface area contributed by atoms with Gasteiger partial charge in [-0.05, 0) is 48.4 Å². The molecule has 3 aliphatic rings. The van der Waals surface area contributed by atoms with Crippen LogP contribution >= 0.6 is 11.8 Å². The Labute approximate surface area is 251 Å². The molecule has 3 aromatic carbocycles. The average Bonchev–Trinajstić information content (AvgIpc) is 3.59. The molecule has 0 aliphatic carbocycles. The van der Waals surface area contributed by atoms with E-state index in [1.807, 2.05) is 92.7 Å². The second kappa shape index (κ2) is 11.2. The number of amides is 3. The van der Waals surface area contributed by atoms with Crippen molar-refractivity contribution in [2.24, 2.45) is 17.8 Å². The molecule has 3 N–H and O–H groups in total. The summed E-state index contributed by atoms with van der Waals surface area (Å²) in [6.45, 7) is 6.05. The molecule has 7 atom stereocenters.